The standard InChI is InChI=1S/C18H24ClN3O2/c19-16-8-4-3-7-15(16)17(23)22-11-9-14(10-12-22)21-18(24)20-13-5-1-2-6-13/h3-4,7-8,13-14H,1-2,5-6,9-12H2,(H2,20,21,24). The Hall–Kier alpha value is -1.75. The number of halogens is 1. The fraction of sp³-hybridized carbons (Fsp3) is 0.556. The molecule has 2 N–H and O–H groups in total. The minimum atomic E-state index is -0.0715. The molecule has 3 rings (SSSR count). The van der Waals surface area contributed by atoms with Crippen LogP contribution in [0, 0.1) is 0 Å². The first kappa shape index (κ1) is 17.1. The molecule has 130 valence electrons. The molecule has 0 atom stereocenters. The van der Waals surface area contributed by atoms with Crippen molar-refractivity contribution in [3.8, 4) is 0 Å². The predicted molar refractivity (Wildman–Crippen MR) is 94.3 cm³/mol. The zero-order chi connectivity index (χ0) is 16.9. The summed E-state index contributed by atoms with van der Waals surface area (Å²) in [6, 6.07) is 7.51. The molecule has 1 aliphatic carbocycles. The average molecular weight is 350 g/mol. The molecular formula is C18H24ClN3O2. The largest absolute Gasteiger partial charge is 0.338 e. The fourth-order valence-electron chi connectivity index (χ4n) is 3.51. The molecule has 3 amide bonds. The highest BCUT2D eigenvalue weighted by Gasteiger charge is 2.26. The van der Waals surface area contributed by atoms with Gasteiger partial charge in [-0.3, -0.25) is 4.79 Å². The van der Waals surface area contributed by atoms with E-state index in [2.05, 4.69) is 10.6 Å². The SMILES string of the molecule is O=C(NC1CCCC1)NC1CCN(C(=O)c2ccccc2Cl)CC1. The molecule has 1 heterocycles. The summed E-state index contributed by atoms with van der Waals surface area (Å²) in [6.07, 6.45) is 6.11. The van der Waals surface area contributed by atoms with Gasteiger partial charge < -0.3 is 15.5 Å². The van der Waals surface area contributed by atoms with E-state index in [0.717, 1.165) is 25.7 Å². The quantitative estimate of drug-likeness (QED) is 0.880. The summed E-state index contributed by atoms with van der Waals surface area (Å²) in [7, 11) is 0. The number of carbonyl (C=O) groups is 2. The molecule has 1 aromatic rings. The summed E-state index contributed by atoms with van der Waals surface area (Å²) in [6.45, 7) is 1.27. The van der Waals surface area contributed by atoms with Crippen LogP contribution in [0.3, 0.4) is 0 Å². The van der Waals surface area contributed by atoms with Crippen molar-refractivity contribution in [2.45, 2.75) is 50.6 Å². The molecule has 24 heavy (non-hydrogen) atoms. The van der Waals surface area contributed by atoms with Crippen LogP contribution in [-0.4, -0.2) is 42.0 Å². The Morgan fingerprint density at radius 3 is 2.17 bits per heavy atom. The van der Waals surface area contributed by atoms with Gasteiger partial charge in [-0.2, -0.15) is 0 Å². The van der Waals surface area contributed by atoms with Gasteiger partial charge in [-0.25, -0.2) is 4.79 Å². The van der Waals surface area contributed by atoms with Gasteiger partial charge in [0.15, 0.2) is 0 Å². The van der Waals surface area contributed by atoms with Crippen LogP contribution in [-0.2, 0) is 0 Å². The molecule has 1 aromatic carbocycles. The Morgan fingerprint density at radius 1 is 0.958 bits per heavy atom. The topological polar surface area (TPSA) is 61.4 Å². The van der Waals surface area contributed by atoms with Crippen LogP contribution in [0.2, 0.25) is 5.02 Å². The van der Waals surface area contributed by atoms with Crippen molar-refractivity contribution >= 4 is 23.5 Å². The molecule has 0 spiro atoms. The summed E-state index contributed by atoms with van der Waals surface area (Å²) < 4.78 is 0. The van der Waals surface area contributed by atoms with Crippen LogP contribution in [0.15, 0.2) is 24.3 Å². The van der Waals surface area contributed by atoms with Gasteiger partial charge in [0.2, 0.25) is 0 Å². The van der Waals surface area contributed by atoms with E-state index in [1.807, 2.05) is 17.0 Å². The van der Waals surface area contributed by atoms with Crippen LogP contribution < -0.4 is 10.6 Å². The Morgan fingerprint density at radius 2 is 1.54 bits per heavy atom. The summed E-state index contributed by atoms with van der Waals surface area (Å²) >= 11 is 6.10. The fourth-order valence-corrected chi connectivity index (χ4v) is 3.73. The zero-order valence-corrected chi connectivity index (χ0v) is 14.5. The lowest BCUT2D eigenvalue weighted by Crippen LogP contribution is -2.50. The van der Waals surface area contributed by atoms with Gasteiger partial charge >= 0.3 is 6.03 Å². The minimum Gasteiger partial charge on any atom is -0.338 e. The first-order valence-corrected chi connectivity index (χ1v) is 9.12. The smallest absolute Gasteiger partial charge is 0.315 e. The van der Waals surface area contributed by atoms with E-state index >= 15 is 0 Å². The normalized spacial score (nSPS) is 19.3. The number of benzene rings is 1. The summed E-state index contributed by atoms with van der Waals surface area (Å²) in [5.41, 5.74) is 0.546. The number of nitrogens with one attached hydrogen (secondary N) is 2. The molecule has 0 bridgehead atoms. The second-order valence-electron chi connectivity index (χ2n) is 6.65. The van der Waals surface area contributed by atoms with Crippen molar-refractivity contribution in [2.24, 2.45) is 0 Å². The first-order chi connectivity index (χ1) is 11.6. The third-order valence-corrected chi connectivity index (χ3v) is 5.24. The van der Waals surface area contributed by atoms with E-state index in [9.17, 15) is 9.59 Å². The molecular weight excluding hydrogens is 326 g/mol. The van der Waals surface area contributed by atoms with Crippen molar-refractivity contribution in [1.82, 2.24) is 15.5 Å². The highest BCUT2D eigenvalue weighted by molar-refractivity contribution is 6.33. The average Bonchev–Trinajstić information content (AvgIpc) is 3.08. The molecule has 0 aromatic heterocycles. The maximum absolute atomic E-state index is 12.5. The maximum Gasteiger partial charge on any atom is 0.315 e. The van der Waals surface area contributed by atoms with E-state index in [1.165, 1.54) is 12.8 Å². The van der Waals surface area contributed by atoms with Crippen LogP contribution in [0.5, 0.6) is 0 Å². The van der Waals surface area contributed by atoms with Gasteiger partial charge in [-0.1, -0.05) is 36.6 Å². The van der Waals surface area contributed by atoms with Crippen LogP contribution in [0.4, 0.5) is 4.79 Å². The molecule has 1 saturated heterocycles. The summed E-state index contributed by atoms with van der Waals surface area (Å²) in [5.74, 6) is -0.0329. The second kappa shape index (κ2) is 7.88. The zero-order valence-electron chi connectivity index (χ0n) is 13.8. The van der Waals surface area contributed by atoms with Crippen LogP contribution in [0.25, 0.3) is 0 Å². The molecule has 0 radical (unpaired) electrons. The van der Waals surface area contributed by atoms with Gasteiger partial charge in [0.1, 0.15) is 0 Å². The van der Waals surface area contributed by atoms with E-state index in [4.69, 9.17) is 11.6 Å². The van der Waals surface area contributed by atoms with Crippen LogP contribution >= 0.6 is 11.6 Å². The first-order valence-electron chi connectivity index (χ1n) is 8.74. The Bertz CT molecular complexity index is 594. The number of nitrogens with zero attached hydrogens (tertiary/aromatic N) is 1. The van der Waals surface area contributed by atoms with Crippen molar-refractivity contribution in [1.29, 1.82) is 0 Å². The van der Waals surface area contributed by atoms with Crippen molar-refractivity contribution in [2.75, 3.05) is 13.1 Å². The molecule has 1 aliphatic heterocycles. The monoisotopic (exact) mass is 349 g/mol. The Kier molecular flexibility index (Phi) is 5.61. The highest BCUT2D eigenvalue weighted by Crippen LogP contribution is 2.20. The number of rotatable bonds is 3. The molecule has 1 saturated carbocycles. The second-order valence-corrected chi connectivity index (χ2v) is 7.05. The number of carbonyl (C=O) groups excluding carboxylic acids is 2. The molecule has 0 unspecified atom stereocenters. The highest BCUT2D eigenvalue weighted by atomic mass is 35.5. The maximum atomic E-state index is 12.5. The van der Waals surface area contributed by atoms with E-state index in [0.29, 0.717) is 29.7 Å². The molecule has 2 aliphatic rings. The minimum absolute atomic E-state index is 0.0329. The van der Waals surface area contributed by atoms with Gasteiger partial charge in [-0.05, 0) is 37.8 Å². The third-order valence-electron chi connectivity index (χ3n) is 4.91. The van der Waals surface area contributed by atoms with Crippen molar-refractivity contribution in [3.05, 3.63) is 34.9 Å². The van der Waals surface area contributed by atoms with E-state index < -0.39 is 0 Å². The molecule has 5 nitrogen and oxygen atoms in total. The van der Waals surface area contributed by atoms with Gasteiger partial charge in [0.05, 0.1) is 10.6 Å². The number of piperidine rings is 1. The summed E-state index contributed by atoms with van der Waals surface area (Å²) in [5, 5.41) is 6.57. The molecule has 6 heteroatoms. The number of urea groups is 1. The molecule has 2 fully saturated rings. The lowest BCUT2D eigenvalue weighted by Gasteiger charge is -2.32. The van der Waals surface area contributed by atoms with Gasteiger partial charge in [0.25, 0.3) is 5.91 Å². The van der Waals surface area contributed by atoms with Crippen molar-refractivity contribution < 1.29 is 9.59 Å². The summed E-state index contributed by atoms with van der Waals surface area (Å²) in [4.78, 5) is 26.4. The third kappa shape index (κ3) is 4.20. The van der Waals surface area contributed by atoms with Gasteiger partial charge in [-0.15, -0.1) is 0 Å². The predicted octanol–water partition coefficient (Wildman–Crippen LogP) is 3.19. The lowest BCUT2D eigenvalue weighted by molar-refractivity contribution is 0.0708. The van der Waals surface area contributed by atoms with Crippen LogP contribution in [0.1, 0.15) is 48.9 Å². The number of likely N-dealkylation sites (tertiary alicyclic amines) is 1. The van der Waals surface area contributed by atoms with E-state index in [1.54, 1.807) is 12.1 Å². The number of hydrogen-bond acceptors (Lipinski definition) is 2. The van der Waals surface area contributed by atoms with Gasteiger partial charge in [0, 0.05) is 25.2 Å². The Balaban J connectivity index is 1.46. The number of hydrogen-bond donors (Lipinski definition) is 2. The van der Waals surface area contributed by atoms with Crippen molar-refractivity contribution in [3.63, 3.8) is 0 Å². The number of amides is 3. The Labute approximate surface area is 147 Å². The lowest BCUT2D eigenvalue weighted by atomic mass is 10.0. The van der Waals surface area contributed by atoms with E-state index in [-0.39, 0.29) is 18.0 Å².